The quantitative estimate of drug-likeness (QED) is 0.609. The summed E-state index contributed by atoms with van der Waals surface area (Å²) in [5, 5.41) is 2.31. The van der Waals surface area contributed by atoms with Crippen LogP contribution in [-0.2, 0) is 0 Å². The summed E-state index contributed by atoms with van der Waals surface area (Å²) in [4.78, 5) is 0. The average molecular weight is 172 g/mol. The zero-order chi connectivity index (χ0) is 9.84. The summed E-state index contributed by atoms with van der Waals surface area (Å²) >= 11 is 0. The van der Waals surface area contributed by atoms with Crippen molar-refractivity contribution < 1.29 is 0 Å². The van der Waals surface area contributed by atoms with Crippen LogP contribution in [0.15, 0.2) is 29.8 Å². The lowest BCUT2D eigenvalue weighted by atomic mass is 10.1. The molecule has 0 aromatic heterocycles. The van der Waals surface area contributed by atoms with Gasteiger partial charge < -0.3 is 0 Å². The number of hydrogen-bond acceptors (Lipinski definition) is 0. The molecule has 13 heavy (non-hydrogen) atoms. The highest BCUT2D eigenvalue weighted by Gasteiger charge is 1.85. The molecule has 0 saturated heterocycles. The van der Waals surface area contributed by atoms with Gasteiger partial charge in [-0.15, -0.1) is 0 Å². The maximum atomic E-state index is 4.01. The van der Waals surface area contributed by atoms with Crippen molar-refractivity contribution in [3.05, 3.63) is 45.8 Å². The highest BCUT2D eigenvalue weighted by Crippen LogP contribution is 1.92. The lowest BCUT2D eigenvalue weighted by Gasteiger charge is -1.93. The van der Waals surface area contributed by atoms with Crippen LogP contribution >= 0.6 is 0 Å². The molecule has 0 spiro atoms. The lowest BCUT2D eigenvalue weighted by molar-refractivity contribution is 1.40. The standard InChI is InChI=1S/C13H16/c1-5-10(2)9-13-7-6-11(3)8-12(13)4/h5-9H,4H2,1-3H3. The molecular weight excluding hydrogens is 156 g/mol. The molecule has 0 aliphatic rings. The minimum Gasteiger partial charge on any atom is -0.0912 e. The maximum absolute atomic E-state index is 4.01. The SMILES string of the molecule is C=c1cc(C)ccc1=CC(C)=CC. The third-order valence-electron chi connectivity index (χ3n) is 2.14. The predicted molar refractivity (Wildman–Crippen MR) is 59.8 cm³/mol. The zero-order valence-corrected chi connectivity index (χ0v) is 8.59. The summed E-state index contributed by atoms with van der Waals surface area (Å²) in [6.07, 6.45) is 4.25. The smallest absolute Gasteiger partial charge is 0.0187 e. The van der Waals surface area contributed by atoms with Crippen molar-refractivity contribution in [2.24, 2.45) is 0 Å². The molecule has 1 rings (SSSR count). The molecule has 1 aromatic rings. The molecule has 0 atom stereocenters. The van der Waals surface area contributed by atoms with Gasteiger partial charge in [-0.05, 0) is 31.2 Å². The van der Waals surface area contributed by atoms with Crippen molar-refractivity contribution in [2.75, 3.05) is 0 Å². The van der Waals surface area contributed by atoms with E-state index >= 15 is 0 Å². The molecule has 0 heterocycles. The molecule has 0 nitrogen and oxygen atoms in total. The van der Waals surface area contributed by atoms with Crippen LogP contribution in [0.4, 0.5) is 0 Å². The fourth-order valence-electron chi connectivity index (χ4n) is 1.20. The van der Waals surface area contributed by atoms with E-state index in [-0.39, 0.29) is 0 Å². The Balaban J connectivity index is 3.32. The highest BCUT2D eigenvalue weighted by atomic mass is 13.9. The molecule has 0 amide bonds. The van der Waals surface area contributed by atoms with Gasteiger partial charge >= 0.3 is 0 Å². The van der Waals surface area contributed by atoms with Crippen LogP contribution in [0.5, 0.6) is 0 Å². The second-order valence-electron chi connectivity index (χ2n) is 3.38. The third kappa shape index (κ3) is 2.59. The van der Waals surface area contributed by atoms with E-state index in [0.29, 0.717) is 0 Å². The van der Waals surface area contributed by atoms with E-state index in [1.54, 1.807) is 0 Å². The molecule has 0 radical (unpaired) electrons. The van der Waals surface area contributed by atoms with Crippen LogP contribution in [0.1, 0.15) is 19.4 Å². The van der Waals surface area contributed by atoms with Crippen LogP contribution < -0.4 is 10.4 Å². The first-order valence-corrected chi connectivity index (χ1v) is 4.53. The number of benzene rings is 1. The summed E-state index contributed by atoms with van der Waals surface area (Å²) in [6.45, 7) is 10.2. The van der Waals surface area contributed by atoms with Crippen molar-refractivity contribution in [1.29, 1.82) is 0 Å². The molecular formula is C13H16. The first-order chi connectivity index (χ1) is 6.13. The lowest BCUT2D eigenvalue weighted by Crippen LogP contribution is -2.22. The molecule has 0 aliphatic carbocycles. The van der Waals surface area contributed by atoms with Crippen molar-refractivity contribution >= 4 is 12.7 Å². The van der Waals surface area contributed by atoms with Gasteiger partial charge in [0, 0.05) is 0 Å². The Morgan fingerprint density at radius 3 is 2.62 bits per heavy atom. The number of aryl methyl sites for hydroxylation is 1. The van der Waals surface area contributed by atoms with Crippen LogP contribution in [0.2, 0.25) is 0 Å². The fraction of sp³-hybridized carbons (Fsp3) is 0.231. The normalized spacial score (nSPS) is 13.5. The van der Waals surface area contributed by atoms with Crippen molar-refractivity contribution in [1.82, 2.24) is 0 Å². The Morgan fingerprint density at radius 1 is 1.38 bits per heavy atom. The summed E-state index contributed by atoms with van der Waals surface area (Å²) in [5.74, 6) is 0. The molecule has 0 bridgehead atoms. The fourth-order valence-corrected chi connectivity index (χ4v) is 1.20. The minimum absolute atomic E-state index is 1.10. The summed E-state index contributed by atoms with van der Waals surface area (Å²) in [5.41, 5.74) is 2.54. The molecule has 0 heteroatoms. The summed E-state index contributed by atoms with van der Waals surface area (Å²) < 4.78 is 0. The van der Waals surface area contributed by atoms with Gasteiger partial charge in [-0.25, -0.2) is 0 Å². The Labute approximate surface area is 79.9 Å². The maximum Gasteiger partial charge on any atom is -0.0187 e. The molecule has 0 aliphatic heterocycles. The first kappa shape index (κ1) is 9.79. The van der Waals surface area contributed by atoms with Gasteiger partial charge in [0.05, 0.1) is 0 Å². The average Bonchev–Trinajstić information content (AvgIpc) is 2.09. The van der Waals surface area contributed by atoms with Gasteiger partial charge in [0.2, 0.25) is 0 Å². The topological polar surface area (TPSA) is 0 Å². The van der Waals surface area contributed by atoms with Crippen molar-refractivity contribution in [3.8, 4) is 0 Å². The van der Waals surface area contributed by atoms with E-state index in [1.165, 1.54) is 16.4 Å². The Kier molecular flexibility index (Phi) is 3.07. The zero-order valence-electron chi connectivity index (χ0n) is 8.59. The second-order valence-corrected chi connectivity index (χ2v) is 3.38. The number of rotatable bonds is 1. The van der Waals surface area contributed by atoms with Gasteiger partial charge in [0.1, 0.15) is 0 Å². The van der Waals surface area contributed by atoms with Gasteiger partial charge in [0.25, 0.3) is 0 Å². The molecule has 0 fully saturated rings. The Morgan fingerprint density at radius 2 is 2.08 bits per heavy atom. The van der Waals surface area contributed by atoms with Crippen LogP contribution in [0.25, 0.3) is 12.7 Å². The molecule has 68 valence electrons. The Hall–Kier alpha value is -1.30. The van der Waals surface area contributed by atoms with Gasteiger partial charge in [-0.3, -0.25) is 0 Å². The van der Waals surface area contributed by atoms with Gasteiger partial charge in [-0.1, -0.05) is 48.1 Å². The van der Waals surface area contributed by atoms with E-state index in [1.807, 2.05) is 6.92 Å². The monoisotopic (exact) mass is 172 g/mol. The van der Waals surface area contributed by atoms with Crippen molar-refractivity contribution in [2.45, 2.75) is 20.8 Å². The predicted octanol–water partition coefficient (Wildman–Crippen LogP) is 2.15. The van der Waals surface area contributed by atoms with Gasteiger partial charge in [-0.2, -0.15) is 0 Å². The number of allylic oxidation sites excluding steroid dienone is 2. The van der Waals surface area contributed by atoms with Crippen molar-refractivity contribution in [3.63, 3.8) is 0 Å². The molecule has 0 unspecified atom stereocenters. The van der Waals surface area contributed by atoms with Crippen LogP contribution in [-0.4, -0.2) is 0 Å². The summed E-state index contributed by atoms with van der Waals surface area (Å²) in [6, 6.07) is 6.34. The molecule has 0 saturated carbocycles. The van der Waals surface area contributed by atoms with E-state index in [2.05, 4.69) is 50.8 Å². The number of hydrogen-bond donors (Lipinski definition) is 0. The van der Waals surface area contributed by atoms with E-state index < -0.39 is 0 Å². The second kappa shape index (κ2) is 4.08. The third-order valence-corrected chi connectivity index (χ3v) is 2.14. The molecule has 0 N–H and O–H groups in total. The van der Waals surface area contributed by atoms with Crippen LogP contribution in [0, 0.1) is 6.92 Å². The van der Waals surface area contributed by atoms with Crippen LogP contribution in [0.3, 0.4) is 0 Å². The van der Waals surface area contributed by atoms with Gasteiger partial charge in [0.15, 0.2) is 0 Å². The van der Waals surface area contributed by atoms with E-state index in [4.69, 9.17) is 0 Å². The van der Waals surface area contributed by atoms with E-state index in [0.717, 1.165) is 5.22 Å². The van der Waals surface area contributed by atoms with E-state index in [9.17, 15) is 0 Å². The summed E-state index contributed by atoms with van der Waals surface area (Å²) in [7, 11) is 0. The molecule has 1 aromatic carbocycles. The first-order valence-electron chi connectivity index (χ1n) is 4.53. The minimum atomic E-state index is 1.10. The highest BCUT2D eigenvalue weighted by molar-refractivity contribution is 5.45. The Bertz CT molecular complexity index is 422. The largest absolute Gasteiger partial charge is 0.0912 e.